The molecule has 0 spiro atoms. The highest BCUT2D eigenvalue weighted by atomic mass is 35.5. The molecular weight excluding hydrogens is 393 g/mol. The van der Waals surface area contributed by atoms with Crippen LogP contribution in [0.25, 0.3) is 0 Å². The van der Waals surface area contributed by atoms with E-state index in [2.05, 4.69) is 0 Å². The van der Waals surface area contributed by atoms with Crippen LogP contribution in [0.3, 0.4) is 0 Å². The predicted octanol–water partition coefficient (Wildman–Crippen LogP) is 3.07. The predicted molar refractivity (Wildman–Crippen MR) is 101 cm³/mol. The molecule has 8 heteroatoms. The molecule has 0 saturated carbocycles. The molecule has 1 unspecified atom stereocenters. The lowest BCUT2D eigenvalue weighted by Gasteiger charge is -2.28. The molecule has 3 rings (SSSR count). The van der Waals surface area contributed by atoms with Crippen LogP contribution in [-0.4, -0.2) is 43.4 Å². The Bertz CT molecular complexity index is 935. The van der Waals surface area contributed by atoms with Crippen molar-refractivity contribution in [3.63, 3.8) is 0 Å². The van der Waals surface area contributed by atoms with Crippen molar-refractivity contribution in [2.24, 2.45) is 0 Å². The Kier molecular flexibility index (Phi) is 6.01. The van der Waals surface area contributed by atoms with E-state index in [-0.39, 0.29) is 24.7 Å². The van der Waals surface area contributed by atoms with E-state index in [1.165, 1.54) is 11.0 Å². The summed E-state index contributed by atoms with van der Waals surface area (Å²) >= 11 is 5.90. The maximum Gasteiger partial charge on any atom is 0.261 e. The summed E-state index contributed by atoms with van der Waals surface area (Å²) in [5.74, 6) is -0.508. The third-order valence-electron chi connectivity index (χ3n) is 4.43. The Labute approximate surface area is 162 Å². The fraction of sp³-hybridized carbons (Fsp3) is 0.316. The summed E-state index contributed by atoms with van der Waals surface area (Å²) in [6.45, 7) is -0.296. The van der Waals surface area contributed by atoms with Gasteiger partial charge in [-0.25, -0.2) is 12.8 Å². The second-order valence-electron chi connectivity index (χ2n) is 6.42. The van der Waals surface area contributed by atoms with Crippen LogP contribution in [0.1, 0.15) is 12.0 Å². The maximum absolute atomic E-state index is 14.0. The Morgan fingerprint density at radius 1 is 1.22 bits per heavy atom. The van der Waals surface area contributed by atoms with Crippen LogP contribution >= 0.6 is 11.6 Å². The van der Waals surface area contributed by atoms with Gasteiger partial charge in [-0.3, -0.25) is 4.79 Å². The minimum atomic E-state index is -3.20. The zero-order valence-corrected chi connectivity index (χ0v) is 16.0. The molecule has 0 bridgehead atoms. The van der Waals surface area contributed by atoms with Crippen LogP contribution in [0.5, 0.6) is 5.75 Å². The van der Waals surface area contributed by atoms with Gasteiger partial charge in [0, 0.05) is 23.2 Å². The van der Waals surface area contributed by atoms with E-state index < -0.39 is 27.6 Å². The van der Waals surface area contributed by atoms with Gasteiger partial charge in [0.1, 0.15) is 11.6 Å². The first-order valence-electron chi connectivity index (χ1n) is 8.46. The molecule has 1 aliphatic heterocycles. The molecule has 1 heterocycles. The first-order chi connectivity index (χ1) is 12.8. The molecule has 1 aliphatic rings. The fourth-order valence-corrected chi connectivity index (χ4v) is 4.95. The summed E-state index contributed by atoms with van der Waals surface area (Å²) in [4.78, 5) is 14.2. The van der Waals surface area contributed by atoms with E-state index in [1.807, 2.05) is 0 Å². The van der Waals surface area contributed by atoms with E-state index in [4.69, 9.17) is 16.3 Å². The summed E-state index contributed by atoms with van der Waals surface area (Å²) < 4.78 is 43.2. The zero-order chi connectivity index (χ0) is 19.4. The summed E-state index contributed by atoms with van der Waals surface area (Å²) in [7, 11) is -3.20. The number of carbonyl (C=O) groups excluding carboxylic acids is 1. The molecule has 0 N–H and O–H groups in total. The van der Waals surface area contributed by atoms with Crippen molar-refractivity contribution < 1.29 is 22.3 Å². The highest BCUT2D eigenvalue weighted by Gasteiger charge is 2.35. The van der Waals surface area contributed by atoms with Crippen LogP contribution < -0.4 is 4.74 Å². The largest absolute Gasteiger partial charge is 0.484 e. The van der Waals surface area contributed by atoms with Crippen LogP contribution in [0.15, 0.2) is 48.5 Å². The Balaban J connectivity index is 1.76. The molecule has 0 radical (unpaired) electrons. The second kappa shape index (κ2) is 8.27. The van der Waals surface area contributed by atoms with Gasteiger partial charge < -0.3 is 9.64 Å². The van der Waals surface area contributed by atoms with Gasteiger partial charge >= 0.3 is 0 Å². The van der Waals surface area contributed by atoms with Crippen molar-refractivity contribution in [3.05, 3.63) is 64.9 Å². The normalized spacial score (nSPS) is 18.2. The second-order valence-corrected chi connectivity index (χ2v) is 9.08. The molecule has 0 aliphatic carbocycles. The minimum absolute atomic E-state index is 0.00933. The number of hydrogen-bond donors (Lipinski definition) is 0. The smallest absolute Gasteiger partial charge is 0.261 e. The quantitative estimate of drug-likeness (QED) is 0.732. The summed E-state index contributed by atoms with van der Waals surface area (Å²) in [5.41, 5.74) is 0.331. The average molecular weight is 412 g/mol. The highest BCUT2D eigenvalue weighted by molar-refractivity contribution is 7.91. The van der Waals surface area contributed by atoms with E-state index in [0.29, 0.717) is 22.8 Å². The number of amides is 1. The van der Waals surface area contributed by atoms with E-state index >= 15 is 0 Å². The number of halogens is 2. The molecule has 1 saturated heterocycles. The number of benzene rings is 2. The molecular formula is C19H19ClFNO4S. The average Bonchev–Trinajstić information content (AvgIpc) is 2.98. The molecule has 0 aromatic heterocycles. The van der Waals surface area contributed by atoms with E-state index in [9.17, 15) is 17.6 Å². The minimum Gasteiger partial charge on any atom is -0.484 e. The summed E-state index contributed by atoms with van der Waals surface area (Å²) in [5, 5.41) is 0.477. The van der Waals surface area contributed by atoms with Crippen molar-refractivity contribution in [2.45, 2.75) is 19.0 Å². The van der Waals surface area contributed by atoms with Crippen molar-refractivity contribution in [1.82, 2.24) is 4.90 Å². The van der Waals surface area contributed by atoms with Gasteiger partial charge in [-0.05, 0) is 30.7 Å². The van der Waals surface area contributed by atoms with Gasteiger partial charge in [-0.15, -0.1) is 0 Å². The van der Waals surface area contributed by atoms with Crippen molar-refractivity contribution >= 4 is 27.3 Å². The molecule has 27 heavy (non-hydrogen) atoms. The van der Waals surface area contributed by atoms with Crippen molar-refractivity contribution in [1.29, 1.82) is 0 Å². The van der Waals surface area contributed by atoms with Crippen LogP contribution in [0, 0.1) is 5.82 Å². The molecule has 1 amide bonds. The number of carbonyl (C=O) groups is 1. The van der Waals surface area contributed by atoms with Crippen LogP contribution in [-0.2, 0) is 21.2 Å². The lowest BCUT2D eigenvalue weighted by atomic mass is 10.1. The van der Waals surface area contributed by atoms with Gasteiger partial charge in [0.25, 0.3) is 5.91 Å². The fourth-order valence-electron chi connectivity index (χ4n) is 3.04. The van der Waals surface area contributed by atoms with Gasteiger partial charge in [0.05, 0.1) is 11.5 Å². The first-order valence-corrected chi connectivity index (χ1v) is 10.7. The van der Waals surface area contributed by atoms with E-state index in [0.717, 1.165) is 0 Å². The number of hydrogen-bond acceptors (Lipinski definition) is 4. The van der Waals surface area contributed by atoms with Crippen LogP contribution in [0.4, 0.5) is 4.39 Å². The molecule has 2 aromatic rings. The molecule has 1 atom stereocenters. The van der Waals surface area contributed by atoms with Gasteiger partial charge in [0.15, 0.2) is 16.4 Å². The third-order valence-corrected chi connectivity index (χ3v) is 6.41. The van der Waals surface area contributed by atoms with Crippen molar-refractivity contribution in [3.8, 4) is 5.75 Å². The number of nitrogens with zero attached hydrogens (tertiary/aromatic N) is 1. The van der Waals surface area contributed by atoms with Crippen molar-refractivity contribution in [2.75, 3.05) is 18.1 Å². The third kappa shape index (κ3) is 5.20. The molecule has 2 aromatic carbocycles. The number of sulfone groups is 1. The van der Waals surface area contributed by atoms with Gasteiger partial charge in [0.2, 0.25) is 0 Å². The molecule has 1 fully saturated rings. The van der Waals surface area contributed by atoms with Crippen LogP contribution in [0.2, 0.25) is 5.02 Å². The Morgan fingerprint density at radius 3 is 2.67 bits per heavy atom. The standard InChI is InChI=1S/C19H19ClFNO4S/c20-15-5-3-6-17(10-15)26-12-19(23)22(16-8-9-27(24,25)13-16)11-14-4-1-2-7-18(14)21/h1-7,10,16H,8-9,11-13H2. The monoisotopic (exact) mass is 411 g/mol. The lowest BCUT2D eigenvalue weighted by molar-refractivity contribution is -0.136. The van der Waals surface area contributed by atoms with E-state index in [1.54, 1.807) is 42.5 Å². The van der Waals surface area contributed by atoms with Gasteiger partial charge in [-0.1, -0.05) is 35.9 Å². The summed E-state index contributed by atoms with van der Waals surface area (Å²) in [6, 6.07) is 12.3. The molecule has 5 nitrogen and oxygen atoms in total. The first kappa shape index (κ1) is 19.6. The maximum atomic E-state index is 14.0. The number of rotatable bonds is 6. The lowest BCUT2D eigenvalue weighted by Crippen LogP contribution is -2.43. The Morgan fingerprint density at radius 2 is 2.00 bits per heavy atom. The van der Waals surface area contributed by atoms with Gasteiger partial charge in [-0.2, -0.15) is 0 Å². The SMILES string of the molecule is O=C(COc1cccc(Cl)c1)N(Cc1ccccc1F)C1CCS(=O)(=O)C1. The zero-order valence-electron chi connectivity index (χ0n) is 14.5. The number of ether oxygens (including phenoxy) is 1. The highest BCUT2D eigenvalue weighted by Crippen LogP contribution is 2.22. The molecule has 144 valence electrons. The Hall–Kier alpha value is -2.12. The topological polar surface area (TPSA) is 63.7 Å². The summed E-state index contributed by atoms with van der Waals surface area (Å²) in [6.07, 6.45) is 0.333.